The molecule has 0 aliphatic carbocycles. The molecule has 6 heteroatoms. The zero-order valence-electron chi connectivity index (χ0n) is 16.9. The Hall–Kier alpha value is -0.639. The average molecular weight is 861 g/mol. The Labute approximate surface area is 226 Å². The van der Waals surface area contributed by atoms with E-state index in [0.717, 1.165) is 0 Å². The first kappa shape index (κ1) is 27.6. The average Bonchev–Trinajstić information content (AvgIpc) is 2.91. The molecule has 0 spiro atoms. The Bertz CT molecular complexity index is 906. The summed E-state index contributed by atoms with van der Waals surface area (Å²) in [6.45, 7) is 0. The Morgan fingerprint density at radius 3 is 0.750 bits per heavy atom. The molecule has 0 atom stereocenters. The van der Waals surface area contributed by atoms with Crippen LogP contribution in [-0.2, 0) is 40.0 Å². The summed E-state index contributed by atoms with van der Waals surface area (Å²) in [5, 5.41) is 5.37. The van der Waals surface area contributed by atoms with Gasteiger partial charge in [0.15, 0.2) is 0 Å². The zero-order chi connectivity index (χ0) is 23.0. The summed E-state index contributed by atoms with van der Waals surface area (Å²) in [5.41, 5.74) is 7.49. The van der Waals surface area contributed by atoms with E-state index < -0.39 is 15.8 Å². The van der Waals surface area contributed by atoms with Crippen LogP contribution in [0.2, 0.25) is 0 Å². The van der Waals surface area contributed by atoms with Crippen molar-refractivity contribution in [1.82, 2.24) is 0 Å². The van der Waals surface area contributed by atoms with Gasteiger partial charge in [-0.1, -0.05) is 72.8 Å². The molecule has 0 amide bonds. The second kappa shape index (κ2) is 16.9. The van der Waals surface area contributed by atoms with Crippen LogP contribution in [-0.4, -0.2) is 0 Å². The van der Waals surface area contributed by atoms with E-state index in [0.29, 0.717) is 0 Å². The van der Waals surface area contributed by atoms with Gasteiger partial charge in [0.25, 0.3) is 0 Å². The summed E-state index contributed by atoms with van der Waals surface area (Å²) in [4.78, 5) is 0. The molecule has 0 saturated carbocycles. The van der Waals surface area contributed by atoms with Crippen molar-refractivity contribution in [3.63, 3.8) is 0 Å². The molecule has 32 heavy (non-hydrogen) atoms. The fourth-order valence-corrected chi connectivity index (χ4v) is 7.51. The maximum absolute atomic E-state index is 4.58. The molecule has 4 rings (SSSR count). The van der Waals surface area contributed by atoms with E-state index in [1.165, 1.54) is 21.2 Å². The molecule has 170 valence electrons. The van der Waals surface area contributed by atoms with Crippen molar-refractivity contribution >= 4 is 55.4 Å². The van der Waals surface area contributed by atoms with Crippen molar-refractivity contribution in [2.45, 2.75) is 0 Å². The van der Waals surface area contributed by atoms with Gasteiger partial charge in [0.05, 0.1) is 0 Å². The molecular weight excluding hydrogens is 839 g/mol. The van der Waals surface area contributed by atoms with Gasteiger partial charge >= 0.3 is 58.4 Å². The van der Waals surface area contributed by atoms with E-state index in [9.17, 15) is 0 Å². The Morgan fingerprint density at radius 2 is 0.562 bits per heavy atom. The van der Waals surface area contributed by atoms with E-state index in [2.05, 4.69) is 151 Å². The van der Waals surface area contributed by atoms with Gasteiger partial charge < -0.3 is 0 Å². The standard InChI is InChI=1S/C26H20P2.2Au.2ClH/c1-5-13-23(14-6-1)27(24-15-7-2-8-16-24)21-22-28(25-17-9-3-10-18-25)26-19-11-4-12-20-26;;;;/h1-20H;;;2*1H/q;2*+1;;. The summed E-state index contributed by atoms with van der Waals surface area (Å²) in [6.07, 6.45) is 0. The van der Waals surface area contributed by atoms with Gasteiger partial charge in [0.2, 0.25) is 0 Å². The number of hydrogen-bond donors (Lipinski definition) is 0. The van der Waals surface area contributed by atoms with Crippen LogP contribution in [0.3, 0.4) is 0 Å². The molecule has 0 aliphatic rings. The van der Waals surface area contributed by atoms with Crippen LogP contribution in [0.25, 0.3) is 0 Å². The molecule has 0 radical (unpaired) electrons. The SMILES string of the molecule is C(#C[PH+](c1ccccc1)c1ccccc1)[PH+](c1ccccc1)c1ccccc1.[Cl][Au].[Cl][Au]. The van der Waals surface area contributed by atoms with Crippen LogP contribution in [0.15, 0.2) is 121 Å². The molecule has 0 heterocycles. The molecular formula is C26H22Au2Cl2P2+2. The van der Waals surface area contributed by atoms with E-state index in [4.69, 9.17) is 0 Å². The predicted molar refractivity (Wildman–Crippen MR) is 140 cm³/mol. The van der Waals surface area contributed by atoms with Gasteiger partial charge in [0.1, 0.15) is 48.4 Å². The number of rotatable bonds is 4. The predicted octanol–water partition coefficient (Wildman–Crippen LogP) is 6.01. The topological polar surface area (TPSA) is 0 Å². The molecule has 0 nitrogen and oxygen atoms in total. The summed E-state index contributed by atoms with van der Waals surface area (Å²) in [6, 6.07) is 42.9. The number of halogens is 2. The minimum atomic E-state index is -1.14. The van der Waals surface area contributed by atoms with Crippen LogP contribution in [0, 0.1) is 11.3 Å². The molecule has 0 fully saturated rings. The van der Waals surface area contributed by atoms with Crippen molar-refractivity contribution in [2.75, 3.05) is 0 Å². The summed E-state index contributed by atoms with van der Waals surface area (Å²) >= 11 is 3.50. The fraction of sp³-hybridized carbons (Fsp3) is 0. The molecule has 4 aromatic carbocycles. The van der Waals surface area contributed by atoms with Gasteiger partial charge in [-0.2, -0.15) is 0 Å². The zero-order valence-corrected chi connectivity index (χ0v) is 24.8. The molecule has 4 aromatic rings. The van der Waals surface area contributed by atoms with Crippen LogP contribution >= 0.6 is 34.2 Å². The fourth-order valence-electron chi connectivity index (χ4n) is 3.17. The van der Waals surface area contributed by atoms with E-state index in [-0.39, 0.29) is 0 Å². The summed E-state index contributed by atoms with van der Waals surface area (Å²) in [5.74, 6) is 0. The normalized spacial score (nSPS) is 9.62. The molecule has 0 N–H and O–H groups in total. The maximum atomic E-state index is 4.58. The first-order valence-corrected chi connectivity index (χ1v) is 18.0. The van der Waals surface area contributed by atoms with E-state index in [1.807, 2.05) is 0 Å². The van der Waals surface area contributed by atoms with Crippen LogP contribution in [0.1, 0.15) is 0 Å². The van der Waals surface area contributed by atoms with Gasteiger partial charge in [-0.15, -0.1) is 0 Å². The van der Waals surface area contributed by atoms with Gasteiger partial charge in [-0.05, 0) is 48.5 Å². The van der Waals surface area contributed by atoms with Crippen molar-refractivity contribution in [3.05, 3.63) is 121 Å². The van der Waals surface area contributed by atoms with Crippen LogP contribution < -0.4 is 21.2 Å². The van der Waals surface area contributed by atoms with Crippen molar-refractivity contribution in [3.8, 4) is 11.3 Å². The third kappa shape index (κ3) is 8.61. The second-order valence-electron chi connectivity index (χ2n) is 6.46. The molecule has 0 unspecified atom stereocenters. The molecule has 0 aliphatic heterocycles. The summed E-state index contributed by atoms with van der Waals surface area (Å²) in [7, 11) is 6.88. The summed E-state index contributed by atoms with van der Waals surface area (Å²) < 4.78 is 0. The number of benzene rings is 4. The quantitative estimate of drug-likeness (QED) is 0.134. The van der Waals surface area contributed by atoms with E-state index >= 15 is 0 Å². The molecule has 0 saturated heterocycles. The van der Waals surface area contributed by atoms with E-state index in [1.54, 1.807) is 40.0 Å². The third-order valence-electron chi connectivity index (χ3n) is 4.56. The molecule has 0 bridgehead atoms. The van der Waals surface area contributed by atoms with Crippen LogP contribution in [0.4, 0.5) is 0 Å². The first-order chi connectivity index (χ1) is 15.9. The van der Waals surface area contributed by atoms with Crippen LogP contribution in [0.5, 0.6) is 0 Å². The Morgan fingerprint density at radius 1 is 0.375 bits per heavy atom. The van der Waals surface area contributed by atoms with Crippen molar-refractivity contribution in [1.29, 1.82) is 0 Å². The monoisotopic (exact) mass is 860 g/mol. The minimum absolute atomic E-state index is 1.14. The first-order valence-electron chi connectivity index (χ1n) is 9.62. The van der Waals surface area contributed by atoms with Gasteiger partial charge in [-0.3, -0.25) is 0 Å². The van der Waals surface area contributed by atoms with Crippen molar-refractivity contribution in [2.24, 2.45) is 0 Å². The second-order valence-corrected chi connectivity index (χ2v) is 10.8. The van der Waals surface area contributed by atoms with Gasteiger partial charge in [0, 0.05) is 0 Å². The number of hydrogen-bond acceptors (Lipinski definition) is 0. The third-order valence-corrected chi connectivity index (χ3v) is 9.21. The molecule has 0 aromatic heterocycles. The Kier molecular flexibility index (Phi) is 14.6. The van der Waals surface area contributed by atoms with Crippen molar-refractivity contribution < 1.29 is 40.0 Å². The Balaban J connectivity index is 0.000000860. The van der Waals surface area contributed by atoms with Gasteiger partial charge in [-0.25, -0.2) is 0 Å².